The van der Waals surface area contributed by atoms with Crippen LogP contribution in [0.2, 0.25) is 1.41 Å². The highest BCUT2D eigenvalue weighted by atomic mass is 16.2. The number of amides is 1. The summed E-state index contributed by atoms with van der Waals surface area (Å²) in [5.41, 5.74) is 1.21. The number of primary amides is 1. The van der Waals surface area contributed by atoms with Gasteiger partial charge in [-0.25, -0.2) is 0 Å². The molecule has 0 aromatic rings. The molecule has 0 saturated heterocycles. The van der Waals surface area contributed by atoms with Crippen molar-refractivity contribution in [3.8, 4) is 0 Å². The number of carbonyl (C=O) groups is 2. The predicted octanol–water partition coefficient (Wildman–Crippen LogP) is 0.333. The summed E-state index contributed by atoms with van der Waals surface area (Å²) in [6, 6.07) is 0. The number of Topliss-reactive ketones (excluding diaryl/α,β-unsaturated/α-hetero) is 1. The molecule has 1 aliphatic rings. The van der Waals surface area contributed by atoms with Gasteiger partial charge in [-0.2, -0.15) is 0 Å². The van der Waals surface area contributed by atoms with Crippen molar-refractivity contribution in [2.75, 3.05) is 0 Å². The quantitative estimate of drug-likeness (QED) is 0.626. The molecule has 1 unspecified atom stereocenters. The summed E-state index contributed by atoms with van der Waals surface area (Å²) in [5, 5.41) is 0. The van der Waals surface area contributed by atoms with E-state index in [2.05, 4.69) is 0 Å². The maximum Gasteiger partial charge on any atom is 0.224 e. The Kier molecular flexibility index (Phi) is 1.28. The Morgan fingerprint density at radius 3 is 2.45 bits per heavy atom. The van der Waals surface area contributed by atoms with Crippen LogP contribution < -0.4 is 5.73 Å². The van der Waals surface area contributed by atoms with Crippen molar-refractivity contribution in [2.24, 2.45) is 23.0 Å². The van der Waals surface area contributed by atoms with Crippen LogP contribution in [0.1, 0.15) is 20.8 Å². The molecular weight excluding hydrogens is 142 g/mol. The van der Waals surface area contributed by atoms with Crippen LogP contribution in [0.3, 0.4) is 0 Å². The molecule has 11 heavy (non-hydrogen) atoms. The highest BCUT2D eigenvalue weighted by Gasteiger charge is 2.64. The second-order valence-electron chi connectivity index (χ2n) is 3.49. The molecular formula is C8H13NO2. The van der Waals surface area contributed by atoms with E-state index >= 15 is 0 Å². The van der Waals surface area contributed by atoms with Crippen molar-refractivity contribution in [3.63, 3.8) is 0 Å². The standard InChI is InChI=1S/C8H13NO2/c1-4-6(5(2)10)8(4,3)7(9)11/h4,6H,1-3H3,(H2,9,11)/t4?,6-,8-/m1/s1/i/hD. The molecule has 1 fully saturated rings. The van der Waals surface area contributed by atoms with Crippen LogP contribution in [-0.2, 0) is 9.59 Å². The molecule has 0 radical (unpaired) electrons. The van der Waals surface area contributed by atoms with Crippen molar-refractivity contribution < 1.29 is 11.0 Å². The van der Waals surface area contributed by atoms with E-state index in [1.807, 2.05) is 12.7 Å². The molecule has 1 saturated carbocycles. The fourth-order valence-electron chi connectivity index (χ4n) is 1.85. The second-order valence-corrected chi connectivity index (χ2v) is 3.49. The molecule has 3 atom stereocenters. The van der Waals surface area contributed by atoms with Crippen molar-refractivity contribution in [3.05, 3.63) is 0 Å². The van der Waals surface area contributed by atoms with Gasteiger partial charge in [-0.05, 0) is 19.8 Å². The van der Waals surface area contributed by atoms with Gasteiger partial charge in [0.2, 0.25) is 5.91 Å². The number of nitrogens with two attached hydrogens (primary N) is 1. The highest BCUT2D eigenvalue weighted by molar-refractivity contribution is 5.95. The molecule has 3 nitrogen and oxygen atoms in total. The van der Waals surface area contributed by atoms with Crippen molar-refractivity contribution in [2.45, 2.75) is 20.8 Å². The van der Waals surface area contributed by atoms with E-state index < -0.39 is 5.41 Å². The van der Waals surface area contributed by atoms with Gasteiger partial charge < -0.3 is 5.73 Å². The summed E-state index contributed by atoms with van der Waals surface area (Å²) in [6.45, 7) is 5.08. The molecule has 2 N–H and O–H groups in total. The second kappa shape index (κ2) is 2.06. The normalized spacial score (nSPS) is 42.6. The van der Waals surface area contributed by atoms with E-state index in [-0.39, 0.29) is 23.5 Å². The Hall–Kier alpha value is -0.860. The predicted molar refractivity (Wildman–Crippen MR) is 40.6 cm³/mol. The zero-order valence-corrected chi connectivity index (χ0v) is 6.97. The van der Waals surface area contributed by atoms with Crippen LogP contribution in [0.5, 0.6) is 0 Å². The Bertz CT molecular complexity index is 241. The lowest BCUT2D eigenvalue weighted by Crippen LogP contribution is -2.25. The summed E-state index contributed by atoms with van der Waals surface area (Å²) in [4.78, 5) is 22.2. The van der Waals surface area contributed by atoms with E-state index in [9.17, 15) is 9.59 Å². The van der Waals surface area contributed by atoms with Gasteiger partial charge in [0.15, 0.2) is 1.41 Å². The van der Waals surface area contributed by atoms with E-state index in [4.69, 9.17) is 1.41 Å². The van der Waals surface area contributed by atoms with E-state index in [0.29, 0.717) is 0 Å². The summed E-state index contributed by atoms with van der Waals surface area (Å²) in [5.74, 6) is -0.438. The van der Waals surface area contributed by atoms with Crippen LogP contribution >= 0.6 is 0 Å². The van der Waals surface area contributed by atoms with E-state index in [0.717, 1.165) is 0 Å². The third-order valence-electron chi connectivity index (χ3n) is 2.91. The molecule has 0 heterocycles. The average Bonchev–Trinajstić information content (AvgIpc) is 2.55. The number of ketones is 1. The lowest BCUT2D eigenvalue weighted by atomic mass is 10.0. The summed E-state index contributed by atoms with van der Waals surface area (Å²) < 4.78 is 6.71. The zero-order valence-electron chi connectivity index (χ0n) is 7.97. The Balaban J connectivity index is 2.78. The minimum absolute atomic E-state index is 0.0357. The largest absolute Gasteiger partial charge is 0.369 e. The smallest absolute Gasteiger partial charge is 0.224 e. The summed E-state index contributed by atoms with van der Waals surface area (Å²) in [7, 11) is 0. The monoisotopic (exact) mass is 156 g/mol. The molecule has 0 aromatic heterocycles. The zero-order chi connectivity index (χ0) is 9.52. The highest BCUT2D eigenvalue weighted by Crippen LogP contribution is 2.58. The Morgan fingerprint density at radius 2 is 2.18 bits per heavy atom. The molecule has 1 amide bonds. The van der Waals surface area contributed by atoms with Gasteiger partial charge in [0.05, 0.1) is 5.41 Å². The Morgan fingerprint density at radius 1 is 1.64 bits per heavy atom. The fraction of sp³-hybridized carbons (Fsp3) is 0.750. The average molecular weight is 156 g/mol. The molecule has 1 aliphatic carbocycles. The van der Waals surface area contributed by atoms with E-state index in [1.54, 1.807) is 6.92 Å². The number of rotatable bonds is 2. The van der Waals surface area contributed by atoms with Crippen LogP contribution in [-0.4, -0.2) is 11.7 Å². The molecule has 3 heteroatoms. The van der Waals surface area contributed by atoms with Gasteiger partial charge in [-0.1, -0.05) is 6.92 Å². The van der Waals surface area contributed by atoms with Crippen molar-refractivity contribution in [1.29, 1.82) is 0 Å². The first-order valence-electron chi connectivity index (χ1n) is 4.18. The molecule has 62 valence electrons. The first kappa shape index (κ1) is 6.83. The molecule has 0 aromatic carbocycles. The summed E-state index contributed by atoms with van der Waals surface area (Å²) in [6.07, 6.45) is 0. The lowest BCUT2D eigenvalue weighted by Gasteiger charge is -2.02. The fourth-order valence-corrected chi connectivity index (χ4v) is 1.85. The SMILES string of the molecule is [2H]NC(=O)[C@]1(C)C(C)[C@@H]1C(C)=O. The molecule has 0 bridgehead atoms. The maximum absolute atomic E-state index is 11.2. The van der Waals surface area contributed by atoms with Crippen molar-refractivity contribution >= 4 is 11.7 Å². The number of hydrogen-bond acceptors (Lipinski definition) is 2. The van der Waals surface area contributed by atoms with Crippen molar-refractivity contribution in [1.82, 2.24) is 0 Å². The lowest BCUT2D eigenvalue weighted by molar-refractivity contribution is -0.126. The third kappa shape index (κ3) is 0.870. The first-order chi connectivity index (χ1) is 5.46. The number of hydrogen-bond donors (Lipinski definition) is 1. The van der Waals surface area contributed by atoms with Gasteiger partial charge in [0, 0.05) is 5.92 Å². The van der Waals surface area contributed by atoms with Gasteiger partial charge >= 0.3 is 0 Å². The number of carbonyl (C=O) groups excluding carboxylic acids is 2. The topological polar surface area (TPSA) is 60.2 Å². The van der Waals surface area contributed by atoms with E-state index in [1.165, 1.54) is 6.92 Å². The third-order valence-corrected chi connectivity index (χ3v) is 2.91. The van der Waals surface area contributed by atoms with Gasteiger partial charge in [-0.15, -0.1) is 0 Å². The van der Waals surface area contributed by atoms with Crippen LogP contribution in [0.25, 0.3) is 0 Å². The first-order valence-corrected chi connectivity index (χ1v) is 3.68. The molecule has 0 spiro atoms. The van der Waals surface area contributed by atoms with Gasteiger partial charge in [-0.3, -0.25) is 9.59 Å². The van der Waals surface area contributed by atoms with Crippen LogP contribution in [0.15, 0.2) is 0 Å². The maximum atomic E-state index is 11.2. The van der Waals surface area contributed by atoms with Gasteiger partial charge in [0.25, 0.3) is 0 Å². The van der Waals surface area contributed by atoms with Crippen LogP contribution in [0.4, 0.5) is 0 Å². The molecule has 0 aliphatic heterocycles. The van der Waals surface area contributed by atoms with Crippen LogP contribution in [0, 0.1) is 17.3 Å². The molecule has 1 rings (SSSR count). The minimum Gasteiger partial charge on any atom is -0.369 e. The summed E-state index contributed by atoms with van der Waals surface area (Å²) >= 11 is 0. The minimum atomic E-state index is -0.631. The van der Waals surface area contributed by atoms with Gasteiger partial charge in [0.1, 0.15) is 5.78 Å². The Labute approximate surface area is 67.4 Å².